The molecule has 1 aliphatic heterocycles. The van der Waals surface area contributed by atoms with Crippen LogP contribution >= 0.6 is 0 Å². The molecule has 3 amide bonds. The minimum Gasteiger partial charge on any atom is -0.387 e. The third kappa shape index (κ3) is 2.03. The number of aliphatic hydroxyl groups excluding tert-OH is 1. The standard InChI is InChI=1S/C11H11N3O4/c15-5-12-14-11(18)8-9(16)6-3-1-2-4-7(6)13-10(8)17/h1-5,8-9,16H,(H,12,15)(H,13,17)(H,14,18). The van der Waals surface area contributed by atoms with Crippen molar-refractivity contribution in [2.75, 3.05) is 5.32 Å². The number of benzene rings is 1. The second-order valence-electron chi connectivity index (χ2n) is 3.75. The normalized spacial score (nSPS) is 21.5. The summed E-state index contributed by atoms with van der Waals surface area (Å²) in [5, 5.41) is 12.5. The van der Waals surface area contributed by atoms with Crippen LogP contribution in [0.4, 0.5) is 5.69 Å². The number of hydrogen-bond donors (Lipinski definition) is 4. The Bertz CT molecular complexity index is 503. The zero-order valence-corrected chi connectivity index (χ0v) is 9.21. The lowest BCUT2D eigenvalue weighted by Gasteiger charge is -2.28. The summed E-state index contributed by atoms with van der Waals surface area (Å²) in [6, 6.07) is 6.65. The van der Waals surface area contributed by atoms with Crippen molar-refractivity contribution in [3.05, 3.63) is 29.8 Å². The molecule has 2 atom stereocenters. The van der Waals surface area contributed by atoms with E-state index in [1.165, 1.54) is 0 Å². The molecule has 0 fully saturated rings. The van der Waals surface area contributed by atoms with Gasteiger partial charge in [0.2, 0.25) is 12.3 Å². The Morgan fingerprint density at radius 3 is 2.83 bits per heavy atom. The molecule has 0 saturated heterocycles. The fourth-order valence-electron chi connectivity index (χ4n) is 1.84. The number of fused-ring (bicyclic) bond motifs is 1. The molecule has 0 radical (unpaired) electrons. The van der Waals surface area contributed by atoms with Crippen molar-refractivity contribution in [1.29, 1.82) is 0 Å². The highest BCUT2D eigenvalue weighted by molar-refractivity contribution is 6.09. The van der Waals surface area contributed by atoms with Crippen molar-refractivity contribution in [2.45, 2.75) is 6.10 Å². The van der Waals surface area contributed by atoms with Gasteiger partial charge in [-0.2, -0.15) is 0 Å². The first-order chi connectivity index (χ1) is 8.65. The van der Waals surface area contributed by atoms with E-state index in [0.717, 1.165) is 0 Å². The van der Waals surface area contributed by atoms with E-state index >= 15 is 0 Å². The zero-order chi connectivity index (χ0) is 13.1. The van der Waals surface area contributed by atoms with Crippen LogP contribution in [-0.4, -0.2) is 23.3 Å². The summed E-state index contributed by atoms with van der Waals surface area (Å²) < 4.78 is 0. The van der Waals surface area contributed by atoms with E-state index < -0.39 is 23.8 Å². The van der Waals surface area contributed by atoms with E-state index in [1.807, 2.05) is 10.9 Å². The summed E-state index contributed by atoms with van der Waals surface area (Å²) in [6.45, 7) is 0. The number of nitrogens with one attached hydrogen (secondary N) is 3. The highest BCUT2D eigenvalue weighted by Gasteiger charge is 2.39. The van der Waals surface area contributed by atoms with Gasteiger partial charge in [0.25, 0.3) is 5.91 Å². The number of aliphatic hydroxyl groups is 1. The first kappa shape index (κ1) is 12.1. The molecule has 1 aromatic rings. The van der Waals surface area contributed by atoms with Gasteiger partial charge in [-0.1, -0.05) is 18.2 Å². The van der Waals surface area contributed by atoms with Crippen LogP contribution in [0.25, 0.3) is 0 Å². The van der Waals surface area contributed by atoms with Crippen LogP contribution in [0.1, 0.15) is 11.7 Å². The quantitative estimate of drug-likeness (QED) is 0.315. The van der Waals surface area contributed by atoms with Gasteiger partial charge in [0.05, 0.1) is 0 Å². The maximum Gasteiger partial charge on any atom is 0.254 e. The Morgan fingerprint density at radius 1 is 1.39 bits per heavy atom. The number of carbonyl (C=O) groups excluding carboxylic acids is 3. The lowest BCUT2D eigenvalue weighted by Crippen LogP contribution is -2.48. The Morgan fingerprint density at radius 2 is 2.11 bits per heavy atom. The van der Waals surface area contributed by atoms with Gasteiger partial charge < -0.3 is 10.4 Å². The second-order valence-corrected chi connectivity index (χ2v) is 3.75. The molecule has 18 heavy (non-hydrogen) atoms. The number of hydrogen-bond acceptors (Lipinski definition) is 4. The Labute approximate surface area is 102 Å². The Balaban J connectivity index is 2.26. The van der Waals surface area contributed by atoms with E-state index in [9.17, 15) is 19.5 Å². The van der Waals surface area contributed by atoms with Crippen molar-refractivity contribution in [2.24, 2.45) is 5.92 Å². The molecule has 0 aliphatic carbocycles. The lowest BCUT2D eigenvalue weighted by atomic mass is 9.89. The number of hydrazine groups is 1. The van der Waals surface area contributed by atoms with Gasteiger partial charge in [-0.3, -0.25) is 25.2 Å². The number of para-hydroxylation sites is 1. The van der Waals surface area contributed by atoms with Gasteiger partial charge in [0.15, 0.2) is 0 Å². The molecule has 4 N–H and O–H groups in total. The van der Waals surface area contributed by atoms with Gasteiger partial charge in [-0.25, -0.2) is 0 Å². The maximum absolute atomic E-state index is 11.7. The van der Waals surface area contributed by atoms with E-state index in [4.69, 9.17) is 0 Å². The average Bonchev–Trinajstić information content (AvgIpc) is 2.36. The lowest BCUT2D eigenvalue weighted by molar-refractivity contribution is -0.139. The molecule has 1 aromatic carbocycles. The molecule has 2 unspecified atom stereocenters. The monoisotopic (exact) mass is 249 g/mol. The van der Waals surface area contributed by atoms with Crippen molar-refractivity contribution in [3.63, 3.8) is 0 Å². The molecular formula is C11H11N3O4. The number of anilines is 1. The Hall–Kier alpha value is -2.41. The van der Waals surface area contributed by atoms with Crippen LogP contribution in [0.2, 0.25) is 0 Å². The summed E-state index contributed by atoms with van der Waals surface area (Å²) >= 11 is 0. The fraction of sp³-hybridized carbons (Fsp3) is 0.182. The number of carbonyl (C=O) groups is 3. The summed E-state index contributed by atoms with van der Waals surface area (Å²) in [5.74, 6) is -2.69. The maximum atomic E-state index is 11.7. The number of amides is 3. The number of rotatable bonds is 3. The SMILES string of the molecule is O=CNNC(=O)C1C(=O)Nc2ccccc2C1O. The predicted molar refractivity (Wildman–Crippen MR) is 60.9 cm³/mol. The van der Waals surface area contributed by atoms with Crippen LogP contribution < -0.4 is 16.2 Å². The van der Waals surface area contributed by atoms with E-state index in [0.29, 0.717) is 11.3 Å². The van der Waals surface area contributed by atoms with Crippen molar-refractivity contribution in [1.82, 2.24) is 10.9 Å². The molecule has 7 heteroatoms. The van der Waals surface area contributed by atoms with Crippen LogP contribution in [0.5, 0.6) is 0 Å². The first-order valence-electron chi connectivity index (χ1n) is 5.22. The van der Waals surface area contributed by atoms with E-state index in [1.54, 1.807) is 24.3 Å². The fourth-order valence-corrected chi connectivity index (χ4v) is 1.84. The molecule has 7 nitrogen and oxygen atoms in total. The van der Waals surface area contributed by atoms with Crippen LogP contribution in [0.3, 0.4) is 0 Å². The third-order valence-corrected chi connectivity index (χ3v) is 2.67. The van der Waals surface area contributed by atoms with Crippen molar-refractivity contribution >= 4 is 23.9 Å². The summed E-state index contributed by atoms with van der Waals surface area (Å²) in [7, 11) is 0. The van der Waals surface area contributed by atoms with Gasteiger partial charge in [0.1, 0.15) is 12.0 Å². The summed E-state index contributed by atoms with van der Waals surface area (Å²) in [4.78, 5) is 33.4. The molecule has 1 heterocycles. The molecule has 94 valence electrons. The zero-order valence-electron chi connectivity index (χ0n) is 9.21. The molecule has 2 rings (SSSR count). The van der Waals surface area contributed by atoms with E-state index in [-0.39, 0.29) is 6.41 Å². The summed E-state index contributed by atoms with van der Waals surface area (Å²) in [5.41, 5.74) is 4.89. The molecule has 0 spiro atoms. The van der Waals surface area contributed by atoms with Crippen LogP contribution in [0, 0.1) is 5.92 Å². The highest BCUT2D eigenvalue weighted by Crippen LogP contribution is 2.33. The van der Waals surface area contributed by atoms with E-state index in [2.05, 4.69) is 5.32 Å². The minimum atomic E-state index is -1.30. The topological polar surface area (TPSA) is 108 Å². The summed E-state index contributed by atoms with van der Waals surface area (Å²) in [6.07, 6.45) is -0.984. The average molecular weight is 249 g/mol. The molecular weight excluding hydrogens is 238 g/mol. The predicted octanol–water partition coefficient (Wildman–Crippen LogP) is -0.934. The van der Waals surface area contributed by atoms with Gasteiger partial charge in [0, 0.05) is 11.3 Å². The smallest absolute Gasteiger partial charge is 0.254 e. The molecule has 0 aromatic heterocycles. The third-order valence-electron chi connectivity index (χ3n) is 2.67. The molecule has 0 bridgehead atoms. The van der Waals surface area contributed by atoms with Gasteiger partial charge in [-0.05, 0) is 6.07 Å². The van der Waals surface area contributed by atoms with Crippen LogP contribution in [0.15, 0.2) is 24.3 Å². The molecule has 0 saturated carbocycles. The van der Waals surface area contributed by atoms with Gasteiger partial charge >= 0.3 is 0 Å². The largest absolute Gasteiger partial charge is 0.387 e. The Kier molecular flexibility index (Phi) is 3.24. The van der Waals surface area contributed by atoms with Crippen LogP contribution in [-0.2, 0) is 14.4 Å². The second kappa shape index (κ2) is 4.84. The van der Waals surface area contributed by atoms with Crippen molar-refractivity contribution < 1.29 is 19.5 Å². The highest BCUT2D eigenvalue weighted by atomic mass is 16.3. The first-order valence-corrected chi connectivity index (χ1v) is 5.22. The van der Waals surface area contributed by atoms with Gasteiger partial charge in [-0.15, -0.1) is 0 Å². The molecule has 1 aliphatic rings. The van der Waals surface area contributed by atoms with Crippen molar-refractivity contribution in [3.8, 4) is 0 Å². The minimum absolute atomic E-state index is 0.263.